The van der Waals surface area contributed by atoms with E-state index in [9.17, 15) is 4.57 Å². The van der Waals surface area contributed by atoms with Crippen molar-refractivity contribution in [2.24, 2.45) is 0 Å². The third kappa shape index (κ3) is 23.6. The van der Waals surface area contributed by atoms with E-state index >= 15 is 0 Å². The van der Waals surface area contributed by atoms with E-state index in [1.807, 2.05) is 0 Å². The van der Waals surface area contributed by atoms with E-state index in [4.69, 9.17) is 0 Å². The normalized spacial score (nSPS) is 10.0. The monoisotopic (exact) mass is 371 g/mol. The van der Waals surface area contributed by atoms with Crippen LogP contribution >= 0.6 is 24.2 Å². The minimum atomic E-state index is -1.83. The maximum absolute atomic E-state index is 10.3. The van der Waals surface area contributed by atoms with Crippen LogP contribution in [0.25, 0.3) is 0 Å². The molecule has 0 spiro atoms. The van der Waals surface area contributed by atoms with Crippen molar-refractivity contribution < 1.29 is 13.6 Å². The molecule has 0 aliphatic heterocycles. The van der Waals surface area contributed by atoms with Crippen LogP contribution in [0.5, 0.6) is 0 Å². The van der Waals surface area contributed by atoms with Crippen molar-refractivity contribution in [1.29, 1.82) is 0 Å². The van der Waals surface area contributed by atoms with E-state index in [0.29, 0.717) is 13.2 Å². The Labute approximate surface area is 135 Å². The lowest BCUT2D eigenvalue weighted by molar-refractivity contribution is 0.243. The second kappa shape index (κ2) is 21.8. The first-order valence-electron chi connectivity index (χ1n) is 8.01. The maximum Gasteiger partial charge on any atom is 0.697 e. The molecule has 0 saturated carbocycles. The predicted octanol–water partition coefficient (Wildman–Crippen LogP) is 6.63. The lowest BCUT2D eigenvalue weighted by atomic mass is 10.1. The molecule has 0 rings (SSSR count). The van der Waals surface area contributed by atoms with Crippen LogP contribution in [0.3, 0.4) is 0 Å². The van der Waals surface area contributed by atoms with Gasteiger partial charge in [0.1, 0.15) is 13.2 Å². The Morgan fingerprint density at radius 2 is 1.15 bits per heavy atom. The average Bonchev–Trinajstić information content (AvgIpc) is 2.43. The van der Waals surface area contributed by atoms with Crippen LogP contribution in [0.2, 0.25) is 0 Å². The first-order chi connectivity index (χ1) is 9.72. The molecule has 0 unspecified atom stereocenters. The molecule has 0 aromatic heterocycles. The smallest absolute Gasteiger partial charge is 0.119 e. The number of hydrogen-bond donors (Lipinski definition) is 0. The number of unbranched alkanes of at least 4 members (excludes halogenated alkanes) is 8. The van der Waals surface area contributed by atoms with Gasteiger partial charge in [-0.25, -0.2) is 0 Å². The molecule has 5 heteroatoms. The van der Waals surface area contributed by atoms with Crippen molar-refractivity contribution in [2.45, 2.75) is 78.6 Å². The molecule has 0 atom stereocenters. The van der Waals surface area contributed by atoms with E-state index in [0.717, 1.165) is 0 Å². The largest absolute Gasteiger partial charge is 0.697 e. The Morgan fingerprint density at radius 3 is 1.50 bits per heavy atom. The Balaban J connectivity index is 0. The number of rotatable bonds is 13. The lowest BCUT2D eigenvalue weighted by Crippen LogP contribution is -1.81. The topological polar surface area (TPSA) is 35.5 Å². The summed E-state index contributed by atoms with van der Waals surface area (Å²) in [6, 6.07) is 0. The molecule has 0 aromatic carbocycles. The summed E-state index contributed by atoms with van der Waals surface area (Å²) < 4.78 is 19.5. The van der Waals surface area contributed by atoms with Gasteiger partial charge in [0, 0.05) is 9.90 Å². The average molecular weight is 372 g/mol. The highest BCUT2D eigenvalue weighted by Crippen LogP contribution is 2.21. The van der Waals surface area contributed by atoms with Crippen molar-refractivity contribution >= 4 is 24.2 Å². The number of alkyl halides is 1. The third-order valence-corrected chi connectivity index (χ3v) is 4.20. The van der Waals surface area contributed by atoms with Crippen molar-refractivity contribution in [3.63, 3.8) is 0 Å². The van der Waals surface area contributed by atoms with Gasteiger partial charge in [0.05, 0.1) is 0 Å². The third-order valence-electron chi connectivity index (χ3n) is 2.71. The van der Waals surface area contributed by atoms with Crippen molar-refractivity contribution in [3.05, 3.63) is 0 Å². The Hall–Kier alpha value is 0.500. The second-order valence-electron chi connectivity index (χ2n) is 4.58. The molecular formula is C15H33BrO3P+. The van der Waals surface area contributed by atoms with Gasteiger partial charge < -0.3 is 0 Å². The van der Waals surface area contributed by atoms with Gasteiger partial charge in [0.2, 0.25) is 0 Å². The zero-order chi connectivity index (χ0) is 15.5. The summed E-state index contributed by atoms with van der Waals surface area (Å²) in [5, 5.41) is 1.18. The molecule has 20 heavy (non-hydrogen) atoms. The molecule has 0 amide bonds. The van der Waals surface area contributed by atoms with Crippen LogP contribution in [0.15, 0.2) is 0 Å². The first kappa shape index (κ1) is 22.8. The summed E-state index contributed by atoms with van der Waals surface area (Å²) in [6.45, 7) is 6.69. The molecule has 0 aliphatic rings. The van der Waals surface area contributed by atoms with Gasteiger partial charge in [-0.1, -0.05) is 74.2 Å². The van der Waals surface area contributed by atoms with Gasteiger partial charge in [0.25, 0.3) is 0 Å². The molecule has 0 heterocycles. The summed E-state index contributed by atoms with van der Waals surface area (Å²) >= 11 is 3.45. The summed E-state index contributed by atoms with van der Waals surface area (Å²) in [5.74, 6) is 0. The highest BCUT2D eigenvalue weighted by molar-refractivity contribution is 9.09. The van der Waals surface area contributed by atoms with Gasteiger partial charge in [-0.2, -0.15) is 0 Å². The van der Waals surface area contributed by atoms with Crippen molar-refractivity contribution in [1.82, 2.24) is 0 Å². The molecule has 3 nitrogen and oxygen atoms in total. The molecule has 0 aliphatic carbocycles. The Morgan fingerprint density at radius 1 is 0.750 bits per heavy atom. The molecule has 0 bridgehead atoms. The summed E-state index contributed by atoms with van der Waals surface area (Å²) in [4.78, 5) is 0. The fraction of sp³-hybridized carbons (Fsp3) is 1.00. The molecule has 0 saturated heterocycles. The standard InChI is InChI=1S/C11H23Br.C4H10O3P/c1-2-3-4-5-6-7-8-9-10-11-12;1-3-6-8(5)7-4-2/h2-11H2,1H3;3-4H2,1-2H3/q;+1. The Bertz CT molecular complexity index is 174. The fourth-order valence-corrected chi connectivity index (χ4v) is 2.55. The Kier molecular flexibility index (Phi) is 24.8. The van der Waals surface area contributed by atoms with Crippen molar-refractivity contribution in [2.75, 3.05) is 18.5 Å². The van der Waals surface area contributed by atoms with Crippen LogP contribution in [0.1, 0.15) is 78.6 Å². The minimum Gasteiger partial charge on any atom is -0.119 e. The highest BCUT2D eigenvalue weighted by atomic mass is 79.9. The maximum atomic E-state index is 10.3. The second-order valence-corrected chi connectivity index (χ2v) is 6.33. The van der Waals surface area contributed by atoms with Crippen LogP contribution in [0.4, 0.5) is 0 Å². The zero-order valence-corrected chi connectivity index (χ0v) is 16.0. The summed E-state index contributed by atoms with van der Waals surface area (Å²) in [5.41, 5.74) is 0. The zero-order valence-electron chi connectivity index (χ0n) is 13.5. The van der Waals surface area contributed by atoms with E-state index in [-0.39, 0.29) is 0 Å². The van der Waals surface area contributed by atoms with Crippen LogP contribution in [-0.4, -0.2) is 18.5 Å². The number of halogens is 1. The van der Waals surface area contributed by atoms with Crippen LogP contribution in [-0.2, 0) is 13.6 Å². The van der Waals surface area contributed by atoms with E-state index in [2.05, 4.69) is 31.9 Å². The van der Waals surface area contributed by atoms with E-state index in [1.54, 1.807) is 13.8 Å². The van der Waals surface area contributed by atoms with Crippen LogP contribution in [0, 0.1) is 0 Å². The highest BCUT2D eigenvalue weighted by Gasteiger charge is 2.15. The van der Waals surface area contributed by atoms with E-state index in [1.165, 1.54) is 63.1 Å². The van der Waals surface area contributed by atoms with Gasteiger partial charge in [-0.3, -0.25) is 0 Å². The molecule has 0 aromatic rings. The lowest BCUT2D eigenvalue weighted by Gasteiger charge is -1.99. The predicted molar refractivity (Wildman–Crippen MR) is 91.9 cm³/mol. The molecule has 122 valence electrons. The summed E-state index contributed by atoms with van der Waals surface area (Å²) in [6.07, 6.45) is 12.8. The molecular weight excluding hydrogens is 339 g/mol. The molecule has 0 radical (unpaired) electrons. The van der Waals surface area contributed by atoms with Gasteiger partial charge in [-0.05, 0) is 20.3 Å². The quantitative estimate of drug-likeness (QED) is 0.207. The fourth-order valence-electron chi connectivity index (χ4n) is 1.65. The molecule has 0 fully saturated rings. The first-order valence-corrected chi connectivity index (χ1v) is 10.2. The SMILES string of the molecule is CCCCCCCCCCCBr.CCO[P+](=O)OCC. The van der Waals surface area contributed by atoms with E-state index < -0.39 is 8.25 Å². The van der Waals surface area contributed by atoms with Gasteiger partial charge in [0.15, 0.2) is 0 Å². The molecule has 0 N–H and O–H groups in total. The van der Waals surface area contributed by atoms with Crippen molar-refractivity contribution in [3.8, 4) is 0 Å². The summed E-state index contributed by atoms with van der Waals surface area (Å²) in [7, 11) is -1.83. The number of hydrogen-bond acceptors (Lipinski definition) is 3. The van der Waals surface area contributed by atoms with Gasteiger partial charge in [-0.15, -0.1) is 9.05 Å². The van der Waals surface area contributed by atoms with Crippen LogP contribution < -0.4 is 0 Å². The minimum absolute atomic E-state index is 0.440. The van der Waals surface area contributed by atoms with Gasteiger partial charge >= 0.3 is 8.25 Å².